The highest BCUT2D eigenvalue weighted by Crippen LogP contribution is 2.33. The van der Waals surface area contributed by atoms with Crippen molar-refractivity contribution in [2.75, 3.05) is 13.3 Å². The molecule has 2 aromatic rings. The quantitative estimate of drug-likeness (QED) is 0.880. The van der Waals surface area contributed by atoms with Gasteiger partial charge in [0, 0.05) is 10.4 Å². The van der Waals surface area contributed by atoms with Crippen LogP contribution in [0.4, 0.5) is 0 Å². The smallest absolute Gasteiger partial charge is 0.251 e. The predicted molar refractivity (Wildman–Crippen MR) is 93.0 cm³/mol. The van der Waals surface area contributed by atoms with Gasteiger partial charge >= 0.3 is 0 Å². The van der Waals surface area contributed by atoms with Crippen LogP contribution in [-0.2, 0) is 11.2 Å². The number of hydrogen-bond donors (Lipinski definition) is 2. The molecule has 1 aromatic carbocycles. The van der Waals surface area contributed by atoms with Crippen molar-refractivity contribution >= 4 is 23.2 Å². The van der Waals surface area contributed by atoms with Crippen LogP contribution in [0.25, 0.3) is 0 Å². The van der Waals surface area contributed by atoms with E-state index in [-0.39, 0.29) is 31.2 Å². The molecule has 7 heteroatoms. The molecule has 130 valence electrons. The molecule has 6 nitrogen and oxygen atoms in total. The fourth-order valence-corrected chi connectivity index (χ4v) is 4.17. The maximum absolute atomic E-state index is 12.2. The number of hydrogen-bond acceptors (Lipinski definition) is 5. The van der Waals surface area contributed by atoms with Crippen LogP contribution in [-0.4, -0.2) is 25.2 Å². The molecule has 4 rings (SSSR count). The van der Waals surface area contributed by atoms with Crippen molar-refractivity contribution in [2.24, 2.45) is 0 Å². The second kappa shape index (κ2) is 6.76. The van der Waals surface area contributed by atoms with Crippen molar-refractivity contribution in [1.82, 2.24) is 10.6 Å². The molecule has 2 aliphatic rings. The fraction of sp³-hybridized carbons (Fsp3) is 0.333. The first kappa shape index (κ1) is 16.0. The van der Waals surface area contributed by atoms with Gasteiger partial charge < -0.3 is 20.1 Å². The summed E-state index contributed by atoms with van der Waals surface area (Å²) in [4.78, 5) is 25.8. The summed E-state index contributed by atoms with van der Waals surface area (Å²) < 4.78 is 10.5. The Morgan fingerprint density at radius 1 is 1.20 bits per heavy atom. The lowest BCUT2D eigenvalue weighted by Crippen LogP contribution is -2.39. The average Bonchev–Trinajstić information content (AvgIpc) is 3.28. The second-order valence-corrected chi connectivity index (χ2v) is 7.06. The van der Waals surface area contributed by atoms with Gasteiger partial charge in [-0.15, -0.1) is 11.3 Å². The molecule has 1 aromatic heterocycles. The average molecular weight is 358 g/mol. The van der Waals surface area contributed by atoms with E-state index in [9.17, 15) is 9.59 Å². The Hall–Kier alpha value is -2.54. The number of nitrogens with one attached hydrogen (secondary N) is 2. The van der Waals surface area contributed by atoms with Gasteiger partial charge in [0.25, 0.3) is 5.91 Å². The number of ether oxygens (including phenoxy) is 2. The highest BCUT2D eigenvalue weighted by Gasteiger charge is 2.23. The standard InChI is InChI=1S/C18H18N2O4S/c21-17(20-13-2-1-3-16-12(13)6-7-25-16)9-19-18(22)11-4-5-14-15(8-11)24-10-23-14/h4-8,13H,1-3,9-10H2,(H,19,22)(H,20,21). The summed E-state index contributed by atoms with van der Waals surface area (Å²) in [7, 11) is 0. The molecule has 2 heterocycles. The van der Waals surface area contributed by atoms with Gasteiger partial charge in [-0.1, -0.05) is 0 Å². The summed E-state index contributed by atoms with van der Waals surface area (Å²) in [6.07, 6.45) is 3.09. The van der Waals surface area contributed by atoms with Gasteiger partial charge in [-0.3, -0.25) is 9.59 Å². The molecule has 0 saturated carbocycles. The van der Waals surface area contributed by atoms with E-state index in [4.69, 9.17) is 9.47 Å². The molecule has 0 saturated heterocycles. The maximum atomic E-state index is 12.2. The molecule has 0 bridgehead atoms. The number of amides is 2. The van der Waals surface area contributed by atoms with Crippen molar-refractivity contribution in [3.63, 3.8) is 0 Å². The van der Waals surface area contributed by atoms with Gasteiger partial charge in [-0.2, -0.15) is 0 Å². The van der Waals surface area contributed by atoms with Gasteiger partial charge in [-0.25, -0.2) is 0 Å². The van der Waals surface area contributed by atoms with Crippen LogP contribution >= 0.6 is 11.3 Å². The molecule has 1 unspecified atom stereocenters. The molecule has 0 spiro atoms. The zero-order valence-corrected chi connectivity index (χ0v) is 14.4. The molecule has 0 fully saturated rings. The van der Waals surface area contributed by atoms with Gasteiger partial charge in [0.05, 0.1) is 12.6 Å². The third-order valence-electron chi connectivity index (χ3n) is 4.43. The van der Waals surface area contributed by atoms with Crippen LogP contribution in [0.1, 0.15) is 39.7 Å². The van der Waals surface area contributed by atoms with Crippen molar-refractivity contribution in [1.29, 1.82) is 0 Å². The number of fused-ring (bicyclic) bond motifs is 2. The predicted octanol–water partition coefficient (Wildman–Crippen LogP) is 2.40. The number of rotatable bonds is 4. The summed E-state index contributed by atoms with van der Waals surface area (Å²) in [6.45, 7) is 0.109. The number of thiophene rings is 1. The monoisotopic (exact) mass is 358 g/mol. The van der Waals surface area contributed by atoms with Crippen LogP contribution in [0.2, 0.25) is 0 Å². The van der Waals surface area contributed by atoms with E-state index in [1.54, 1.807) is 29.5 Å². The van der Waals surface area contributed by atoms with Gasteiger partial charge in [0.1, 0.15) is 0 Å². The van der Waals surface area contributed by atoms with E-state index in [1.165, 1.54) is 10.4 Å². The van der Waals surface area contributed by atoms with Crippen molar-refractivity contribution in [3.05, 3.63) is 45.6 Å². The molecule has 2 N–H and O–H groups in total. The normalized spacial score (nSPS) is 17.7. The van der Waals surface area contributed by atoms with E-state index >= 15 is 0 Å². The Labute approximate surface area is 149 Å². The Morgan fingerprint density at radius 3 is 3.00 bits per heavy atom. The van der Waals surface area contributed by atoms with E-state index < -0.39 is 0 Å². The zero-order chi connectivity index (χ0) is 17.2. The first-order chi connectivity index (χ1) is 12.2. The Kier molecular flexibility index (Phi) is 4.31. The second-order valence-electron chi connectivity index (χ2n) is 6.06. The molecule has 1 atom stereocenters. The first-order valence-electron chi connectivity index (χ1n) is 8.24. The van der Waals surface area contributed by atoms with Crippen LogP contribution in [0.3, 0.4) is 0 Å². The van der Waals surface area contributed by atoms with Crippen LogP contribution < -0.4 is 20.1 Å². The Morgan fingerprint density at radius 2 is 2.08 bits per heavy atom. The van der Waals surface area contributed by atoms with Gasteiger partial charge in [0.15, 0.2) is 11.5 Å². The summed E-state index contributed by atoms with van der Waals surface area (Å²) >= 11 is 1.74. The minimum Gasteiger partial charge on any atom is -0.454 e. The highest BCUT2D eigenvalue weighted by molar-refractivity contribution is 7.10. The van der Waals surface area contributed by atoms with Crippen molar-refractivity contribution in [3.8, 4) is 11.5 Å². The molecule has 1 aliphatic heterocycles. The van der Waals surface area contributed by atoms with Crippen molar-refractivity contribution in [2.45, 2.75) is 25.3 Å². The number of aryl methyl sites for hydroxylation is 1. The largest absolute Gasteiger partial charge is 0.454 e. The van der Waals surface area contributed by atoms with Crippen LogP contribution in [0.5, 0.6) is 11.5 Å². The maximum Gasteiger partial charge on any atom is 0.251 e. The molecule has 25 heavy (non-hydrogen) atoms. The summed E-state index contributed by atoms with van der Waals surface area (Å²) in [5.74, 6) is 0.675. The minimum absolute atomic E-state index is 0.0462. The summed E-state index contributed by atoms with van der Waals surface area (Å²) in [5.41, 5.74) is 1.65. The lowest BCUT2D eigenvalue weighted by Gasteiger charge is -2.23. The summed E-state index contributed by atoms with van der Waals surface area (Å²) in [5, 5.41) is 7.74. The Balaban J connectivity index is 1.33. The first-order valence-corrected chi connectivity index (χ1v) is 9.12. The topological polar surface area (TPSA) is 76.7 Å². The van der Waals surface area contributed by atoms with E-state index in [1.807, 2.05) is 0 Å². The van der Waals surface area contributed by atoms with Gasteiger partial charge in [-0.05, 0) is 54.5 Å². The highest BCUT2D eigenvalue weighted by atomic mass is 32.1. The lowest BCUT2D eigenvalue weighted by molar-refractivity contribution is -0.121. The van der Waals surface area contributed by atoms with Crippen LogP contribution in [0, 0.1) is 0 Å². The minimum atomic E-state index is -0.312. The van der Waals surface area contributed by atoms with E-state index in [0.29, 0.717) is 17.1 Å². The molecule has 2 amide bonds. The number of benzene rings is 1. The Bertz CT molecular complexity index is 817. The SMILES string of the molecule is O=C(CNC(=O)c1ccc2c(c1)OCO2)NC1CCCc2sccc21. The lowest BCUT2D eigenvalue weighted by atomic mass is 9.94. The molecular weight excluding hydrogens is 340 g/mol. The van der Waals surface area contributed by atoms with E-state index in [0.717, 1.165) is 19.3 Å². The van der Waals surface area contributed by atoms with E-state index in [2.05, 4.69) is 22.1 Å². The third kappa shape index (κ3) is 3.32. The molecule has 0 radical (unpaired) electrons. The summed E-state index contributed by atoms with van der Waals surface area (Å²) in [6, 6.07) is 7.09. The zero-order valence-electron chi connectivity index (χ0n) is 13.5. The fourth-order valence-electron chi connectivity index (χ4n) is 3.18. The molecular formula is C18H18N2O4S. The van der Waals surface area contributed by atoms with Crippen molar-refractivity contribution < 1.29 is 19.1 Å². The third-order valence-corrected chi connectivity index (χ3v) is 5.43. The number of carbonyl (C=O) groups excluding carboxylic acids is 2. The molecule has 1 aliphatic carbocycles. The number of carbonyl (C=O) groups is 2. The van der Waals surface area contributed by atoms with Crippen LogP contribution in [0.15, 0.2) is 29.6 Å². The van der Waals surface area contributed by atoms with Gasteiger partial charge in [0.2, 0.25) is 12.7 Å².